The van der Waals surface area contributed by atoms with Crippen molar-refractivity contribution in [2.75, 3.05) is 30.4 Å². The molecule has 3 aromatic carbocycles. The monoisotopic (exact) mass is 572 g/mol. The number of fused-ring (bicyclic) bond motifs is 1. The highest BCUT2D eigenvalue weighted by atomic mass is 35.5. The summed E-state index contributed by atoms with van der Waals surface area (Å²) in [5, 5.41) is 12.0. The molecule has 1 aliphatic heterocycles. The van der Waals surface area contributed by atoms with Crippen molar-refractivity contribution in [2.45, 2.75) is 11.0 Å². The van der Waals surface area contributed by atoms with E-state index in [-0.39, 0.29) is 28.0 Å². The second-order valence-electron chi connectivity index (χ2n) is 8.06. The van der Waals surface area contributed by atoms with E-state index in [0.717, 1.165) is 9.87 Å². The maximum Gasteiger partial charge on any atom is 0.269 e. The molecule has 1 amide bonds. The van der Waals surface area contributed by atoms with E-state index in [2.05, 4.69) is 15.5 Å². The molecule has 1 aromatic heterocycles. The lowest BCUT2D eigenvalue weighted by Gasteiger charge is -2.34. The summed E-state index contributed by atoms with van der Waals surface area (Å²) in [6.45, 7) is -0.280. The molecule has 0 aliphatic carbocycles. The normalized spacial score (nSPS) is 14.8. The Hall–Kier alpha value is -3.87. The maximum atomic E-state index is 13.6. The zero-order valence-electron chi connectivity index (χ0n) is 20.1. The Labute approximate surface area is 227 Å². The molecule has 0 saturated heterocycles. The summed E-state index contributed by atoms with van der Waals surface area (Å²) in [4.78, 5) is 13.2. The molecule has 4 aromatic rings. The summed E-state index contributed by atoms with van der Waals surface area (Å²) in [5.41, 5.74) is 1.04. The van der Waals surface area contributed by atoms with Gasteiger partial charge >= 0.3 is 0 Å². The van der Waals surface area contributed by atoms with E-state index in [1.165, 1.54) is 42.7 Å². The number of benzene rings is 3. The van der Waals surface area contributed by atoms with Crippen LogP contribution in [0.2, 0.25) is 5.02 Å². The van der Waals surface area contributed by atoms with Crippen LogP contribution in [0.4, 0.5) is 10.8 Å². The Balaban J connectivity index is 1.40. The standard InChI is InChI=1S/C25H21ClN4O6S2/c1-34-17-6-3-15(4-7-17)24-28-29-25(37-24)27-23(31)22-14-30(20-13-16(26)5-12-21(20)36-22)38(32,33)19-10-8-18(35-2)9-11-19/h3-13,22H,14H2,1-2H3,(H,27,29,31). The summed E-state index contributed by atoms with van der Waals surface area (Å²) in [6.07, 6.45) is -1.16. The number of ether oxygens (including phenoxy) is 3. The van der Waals surface area contributed by atoms with E-state index in [0.29, 0.717) is 21.5 Å². The van der Waals surface area contributed by atoms with Gasteiger partial charge in [0, 0.05) is 10.6 Å². The molecule has 13 heteroatoms. The van der Waals surface area contributed by atoms with Gasteiger partial charge in [-0.05, 0) is 66.7 Å². The van der Waals surface area contributed by atoms with E-state index in [1.807, 2.05) is 12.1 Å². The predicted molar refractivity (Wildman–Crippen MR) is 144 cm³/mol. The molecule has 1 atom stereocenters. The fourth-order valence-electron chi connectivity index (χ4n) is 3.77. The Morgan fingerprint density at radius 2 is 1.68 bits per heavy atom. The zero-order valence-corrected chi connectivity index (χ0v) is 22.5. The number of carbonyl (C=O) groups is 1. The van der Waals surface area contributed by atoms with E-state index in [1.54, 1.807) is 37.4 Å². The summed E-state index contributed by atoms with van der Waals surface area (Å²) < 4.78 is 44.5. The van der Waals surface area contributed by atoms with Gasteiger partial charge in [-0.2, -0.15) is 0 Å². The molecular formula is C25H21ClN4O6S2. The van der Waals surface area contributed by atoms with Crippen LogP contribution in [0.5, 0.6) is 17.2 Å². The number of sulfonamides is 1. The molecule has 0 radical (unpaired) electrons. The van der Waals surface area contributed by atoms with Crippen molar-refractivity contribution in [3.05, 3.63) is 71.8 Å². The Kier molecular flexibility index (Phi) is 7.11. The average Bonchev–Trinajstić information content (AvgIpc) is 3.40. The molecule has 38 heavy (non-hydrogen) atoms. The van der Waals surface area contributed by atoms with Gasteiger partial charge in [0.05, 0.1) is 31.3 Å². The number of methoxy groups -OCH3 is 2. The minimum absolute atomic E-state index is 0.0264. The number of anilines is 2. The number of carbonyl (C=O) groups excluding carboxylic acids is 1. The van der Waals surface area contributed by atoms with Crippen molar-refractivity contribution < 1.29 is 27.4 Å². The van der Waals surface area contributed by atoms with Gasteiger partial charge in [-0.3, -0.25) is 14.4 Å². The van der Waals surface area contributed by atoms with Crippen LogP contribution in [0.3, 0.4) is 0 Å². The van der Waals surface area contributed by atoms with Crippen LogP contribution < -0.4 is 23.8 Å². The summed E-state index contributed by atoms with van der Waals surface area (Å²) >= 11 is 7.33. The number of nitrogens with one attached hydrogen (secondary N) is 1. The third kappa shape index (κ3) is 5.10. The zero-order chi connectivity index (χ0) is 26.9. The first-order chi connectivity index (χ1) is 18.3. The molecule has 1 aliphatic rings. The molecular weight excluding hydrogens is 552 g/mol. The van der Waals surface area contributed by atoms with Crippen LogP contribution in [-0.4, -0.2) is 51.4 Å². The largest absolute Gasteiger partial charge is 0.497 e. The van der Waals surface area contributed by atoms with Crippen molar-refractivity contribution in [1.29, 1.82) is 0 Å². The van der Waals surface area contributed by atoms with E-state index in [4.69, 9.17) is 25.8 Å². The van der Waals surface area contributed by atoms with Crippen LogP contribution in [0.15, 0.2) is 71.6 Å². The van der Waals surface area contributed by atoms with Gasteiger partial charge in [0.2, 0.25) is 5.13 Å². The lowest BCUT2D eigenvalue weighted by molar-refractivity contribution is -0.122. The highest BCUT2D eigenvalue weighted by molar-refractivity contribution is 7.92. The number of aromatic nitrogens is 2. The van der Waals surface area contributed by atoms with Gasteiger partial charge in [0.15, 0.2) is 6.10 Å². The first-order valence-electron chi connectivity index (χ1n) is 11.2. The minimum atomic E-state index is -4.07. The van der Waals surface area contributed by atoms with Gasteiger partial charge in [-0.15, -0.1) is 10.2 Å². The second kappa shape index (κ2) is 10.5. The molecule has 0 spiro atoms. The molecule has 0 saturated carbocycles. The van der Waals surface area contributed by atoms with Crippen LogP contribution >= 0.6 is 22.9 Å². The average molecular weight is 573 g/mol. The molecule has 2 heterocycles. The number of halogens is 1. The van der Waals surface area contributed by atoms with Gasteiger partial charge in [-0.25, -0.2) is 8.42 Å². The first-order valence-corrected chi connectivity index (χ1v) is 13.8. The van der Waals surface area contributed by atoms with Gasteiger partial charge in [0.25, 0.3) is 15.9 Å². The molecule has 0 fully saturated rings. The third-order valence-electron chi connectivity index (χ3n) is 5.72. The minimum Gasteiger partial charge on any atom is -0.497 e. The smallest absolute Gasteiger partial charge is 0.269 e. The van der Waals surface area contributed by atoms with Crippen molar-refractivity contribution in [3.8, 4) is 27.8 Å². The van der Waals surface area contributed by atoms with Crippen molar-refractivity contribution in [1.82, 2.24) is 10.2 Å². The van der Waals surface area contributed by atoms with E-state index < -0.39 is 22.0 Å². The third-order valence-corrected chi connectivity index (χ3v) is 8.64. The highest BCUT2D eigenvalue weighted by Crippen LogP contribution is 2.39. The van der Waals surface area contributed by atoms with Crippen LogP contribution in [0.1, 0.15) is 0 Å². The highest BCUT2D eigenvalue weighted by Gasteiger charge is 2.38. The SMILES string of the molecule is COc1ccc(-c2nnc(NC(=O)C3CN(S(=O)(=O)c4ccc(OC)cc4)c4cc(Cl)ccc4O3)s2)cc1. The van der Waals surface area contributed by atoms with E-state index >= 15 is 0 Å². The molecule has 1 unspecified atom stereocenters. The number of nitrogens with zero attached hydrogens (tertiary/aromatic N) is 3. The molecule has 0 bridgehead atoms. The van der Waals surface area contributed by atoms with E-state index in [9.17, 15) is 13.2 Å². The number of hydrogen-bond donors (Lipinski definition) is 1. The fraction of sp³-hybridized carbons (Fsp3) is 0.160. The van der Waals surface area contributed by atoms with Crippen molar-refractivity contribution >= 4 is 49.7 Å². The lowest BCUT2D eigenvalue weighted by Crippen LogP contribution is -2.48. The Morgan fingerprint density at radius 3 is 2.34 bits per heavy atom. The Morgan fingerprint density at radius 1 is 1.03 bits per heavy atom. The van der Waals surface area contributed by atoms with Crippen LogP contribution in [-0.2, 0) is 14.8 Å². The molecule has 196 valence electrons. The van der Waals surface area contributed by atoms with Gasteiger partial charge < -0.3 is 14.2 Å². The quantitative estimate of drug-likeness (QED) is 0.344. The first kappa shape index (κ1) is 25.8. The fourth-order valence-corrected chi connectivity index (χ4v) is 6.16. The lowest BCUT2D eigenvalue weighted by atomic mass is 10.2. The number of amides is 1. The predicted octanol–water partition coefficient (Wildman–Crippen LogP) is 4.47. The topological polar surface area (TPSA) is 120 Å². The number of hydrogen-bond acceptors (Lipinski definition) is 9. The summed E-state index contributed by atoms with van der Waals surface area (Å²) in [6, 6.07) is 17.8. The van der Waals surface area contributed by atoms with Crippen LogP contribution in [0, 0.1) is 0 Å². The summed E-state index contributed by atoms with van der Waals surface area (Å²) in [7, 11) is -0.999. The molecule has 5 rings (SSSR count). The Bertz CT molecular complexity index is 1580. The molecule has 1 N–H and O–H groups in total. The number of rotatable bonds is 7. The van der Waals surface area contributed by atoms with Gasteiger partial charge in [-0.1, -0.05) is 22.9 Å². The summed E-state index contributed by atoms with van der Waals surface area (Å²) in [5.74, 6) is 0.849. The molecule has 10 nitrogen and oxygen atoms in total. The van der Waals surface area contributed by atoms with Crippen LogP contribution in [0.25, 0.3) is 10.6 Å². The van der Waals surface area contributed by atoms with Gasteiger partial charge in [0.1, 0.15) is 22.3 Å². The maximum absolute atomic E-state index is 13.6. The van der Waals surface area contributed by atoms with Crippen molar-refractivity contribution in [2.24, 2.45) is 0 Å². The van der Waals surface area contributed by atoms with Crippen molar-refractivity contribution in [3.63, 3.8) is 0 Å². The second-order valence-corrected chi connectivity index (χ2v) is 11.3.